The van der Waals surface area contributed by atoms with Crippen LogP contribution in [0.5, 0.6) is 0 Å². The lowest BCUT2D eigenvalue weighted by molar-refractivity contribution is 0.362. The molecule has 1 aliphatic rings. The topological polar surface area (TPSA) is 15.3 Å². The quantitative estimate of drug-likeness (QED) is 0.520. The van der Waals surface area contributed by atoms with Crippen LogP contribution in [0.15, 0.2) is 0 Å². The molecule has 15 heavy (non-hydrogen) atoms. The molecule has 0 aromatic heterocycles. The highest BCUT2D eigenvalue weighted by molar-refractivity contribution is 7.99. The Kier molecular flexibility index (Phi) is 6.91. The number of rotatable bonds is 7. The first-order valence-corrected chi connectivity index (χ1v) is 6.89. The first kappa shape index (κ1) is 12.9. The summed E-state index contributed by atoms with van der Waals surface area (Å²) in [5.41, 5.74) is 0. The molecule has 1 saturated heterocycles. The van der Waals surface area contributed by atoms with Crippen LogP contribution in [0.1, 0.15) is 12.8 Å². The molecule has 0 radical (unpaired) electrons. The highest BCUT2D eigenvalue weighted by Gasteiger charge is 2.14. The van der Waals surface area contributed by atoms with Gasteiger partial charge in [-0.25, -0.2) is 0 Å². The monoisotopic (exact) mass is 226 g/mol. The van der Waals surface area contributed by atoms with Crippen molar-refractivity contribution in [2.45, 2.75) is 12.8 Å². The molecule has 0 aromatic rings. The standard InChI is InChI=1S/C12H22N2S/c1-3-7-14(2)8-4-6-13-10-12-5-9-15-11-12/h1,12-13H,4-11H2,2H3. The Morgan fingerprint density at radius 3 is 3.13 bits per heavy atom. The molecule has 1 unspecified atom stereocenters. The summed E-state index contributed by atoms with van der Waals surface area (Å²) >= 11 is 2.09. The Balaban J connectivity index is 1.86. The van der Waals surface area contributed by atoms with Crippen molar-refractivity contribution < 1.29 is 0 Å². The minimum atomic E-state index is 0.763. The second-order valence-electron chi connectivity index (χ2n) is 4.23. The molecule has 0 aliphatic carbocycles. The van der Waals surface area contributed by atoms with Gasteiger partial charge >= 0.3 is 0 Å². The van der Waals surface area contributed by atoms with Gasteiger partial charge in [0.1, 0.15) is 0 Å². The van der Waals surface area contributed by atoms with Gasteiger partial charge in [-0.05, 0) is 56.9 Å². The van der Waals surface area contributed by atoms with Crippen LogP contribution in [0, 0.1) is 18.3 Å². The number of hydrogen-bond acceptors (Lipinski definition) is 3. The van der Waals surface area contributed by atoms with E-state index in [-0.39, 0.29) is 0 Å². The predicted molar refractivity (Wildman–Crippen MR) is 69.2 cm³/mol. The van der Waals surface area contributed by atoms with E-state index in [2.05, 4.69) is 34.9 Å². The van der Waals surface area contributed by atoms with Crippen molar-refractivity contribution in [3.63, 3.8) is 0 Å². The Labute approximate surface area is 98.2 Å². The highest BCUT2D eigenvalue weighted by Crippen LogP contribution is 2.22. The summed E-state index contributed by atoms with van der Waals surface area (Å²) < 4.78 is 0. The molecule has 0 saturated carbocycles. The van der Waals surface area contributed by atoms with E-state index >= 15 is 0 Å². The van der Waals surface area contributed by atoms with E-state index in [1.807, 2.05) is 0 Å². The van der Waals surface area contributed by atoms with Gasteiger partial charge in [-0.15, -0.1) is 6.42 Å². The van der Waals surface area contributed by atoms with E-state index in [4.69, 9.17) is 6.42 Å². The molecule has 0 aromatic carbocycles. The summed E-state index contributed by atoms with van der Waals surface area (Å²) in [6.07, 6.45) is 7.82. The van der Waals surface area contributed by atoms with Crippen LogP contribution in [-0.2, 0) is 0 Å². The van der Waals surface area contributed by atoms with Crippen molar-refractivity contribution in [2.75, 3.05) is 44.7 Å². The fourth-order valence-corrected chi connectivity index (χ4v) is 3.04. The molecule has 0 spiro atoms. The van der Waals surface area contributed by atoms with Crippen molar-refractivity contribution in [1.82, 2.24) is 10.2 Å². The number of thioether (sulfide) groups is 1. The van der Waals surface area contributed by atoms with Crippen molar-refractivity contribution >= 4 is 11.8 Å². The largest absolute Gasteiger partial charge is 0.316 e. The summed E-state index contributed by atoms with van der Waals surface area (Å²) in [7, 11) is 2.08. The van der Waals surface area contributed by atoms with Crippen LogP contribution in [0.2, 0.25) is 0 Å². The molecule has 0 bridgehead atoms. The van der Waals surface area contributed by atoms with Gasteiger partial charge in [0.05, 0.1) is 6.54 Å². The molecule has 1 heterocycles. The molecule has 3 heteroatoms. The van der Waals surface area contributed by atoms with Gasteiger partial charge in [0.2, 0.25) is 0 Å². The lowest BCUT2D eigenvalue weighted by atomic mass is 10.1. The van der Waals surface area contributed by atoms with Gasteiger partial charge in [0, 0.05) is 0 Å². The normalized spacial score (nSPS) is 20.7. The van der Waals surface area contributed by atoms with E-state index in [1.165, 1.54) is 30.9 Å². The number of nitrogens with zero attached hydrogens (tertiary/aromatic N) is 1. The van der Waals surface area contributed by atoms with Crippen molar-refractivity contribution in [3.05, 3.63) is 0 Å². The third-order valence-electron chi connectivity index (χ3n) is 2.71. The average molecular weight is 226 g/mol. The fourth-order valence-electron chi connectivity index (χ4n) is 1.76. The van der Waals surface area contributed by atoms with E-state index < -0.39 is 0 Å². The maximum absolute atomic E-state index is 5.23. The minimum absolute atomic E-state index is 0.763. The van der Waals surface area contributed by atoms with Gasteiger partial charge in [0.15, 0.2) is 0 Å². The minimum Gasteiger partial charge on any atom is -0.316 e. The van der Waals surface area contributed by atoms with Gasteiger partial charge in [-0.3, -0.25) is 4.90 Å². The SMILES string of the molecule is C#CCN(C)CCCNCC1CCSC1. The Morgan fingerprint density at radius 2 is 2.47 bits per heavy atom. The maximum Gasteiger partial charge on any atom is 0.0596 e. The molecular weight excluding hydrogens is 204 g/mol. The lowest BCUT2D eigenvalue weighted by Crippen LogP contribution is -2.27. The molecular formula is C12H22N2S. The smallest absolute Gasteiger partial charge is 0.0596 e. The lowest BCUT2D eigenvalue weighted by Gasteiger charge is -2.14. The molecule has 1 N–H and O–H groups in total. The zero-order valence-corrected chi connectivity index (χ0v) is 10.5. The van der Waals surface area contributed by atoms with Crippen LogP contribution >= 0.6 is 11.8 Å². The van der Waals surface area contributed by atoms with Crippen LogP contribution in [-0.4, -0.2) is 49.6 Å². The highest BCUT2D eigenvalue weighted by atomic mass is 32.2. The summed E-state index contributed by atoms with van der Waals surface area (Å²) in [6, 6.07) is 0. The van der Waals surface area contributed by atoms with Gasteiger partial charge in [0.25, 0.3) is 0 Å². The van der Waals surface area contributed by atoms with E-state index in [0.717, 1.165) is 25.6 Å². The summed E-state index contributed by atoms with van der Waals surface area (Å²) in [5, 5.41) is 3.53. The first-order valence-electron chi connectivity index (χ1n) is 5.73. The molecule has 1 rings (SSSR count). The van der Waals surface area contributed by atoms with E-state index in [0.29, 0.717) is 0 Å². The Bertz CT molecular complexity index is 194. The predicted octanol–water partition coefficient (Wildman–Crippen LogP) is 1.28. The second-order valence-corrected chi connectivity index (χ2v) is 5.38. The van der Waals surface area contributed by atoms with Crippen LogP contribution < -0.4 is 5.32 Å². The third kappa shape index (κ3) is 6.09. The molecule has 0 amide bonds. The van der Waals surface area contributed by atoms with Gasteiger partial charge in [-0.2, -0.15) is 11.8 Å². The van der Waals surface area contributed by atoms with Crippen molar-refractivity contribution in [3.8, 4) is 12.3 Å². The van der Waals surface area contributed by atoms with Crippen molar-refractivity contribution in [2.24, 2.45) is 5.92 Å². The summed E-state index contributed by atoms with van der Waals surface area (Å²) in [6.45, 7) is 4.18. The molecule has 86 valence electrons. The Hall–Kier alpha value is -0.170. The zero-order chi connectivity index (χ0) is 10.9. The number of terminal acetylenes is 1. The van der Waals surface area contributed by atoms with E-state index in [1.54, 1.807) is 0 Å². The number of nitrogens with one attached hydrogen (secondary N) is 1. The maximum atomic E-state index is 5.23. The van der Waals surface area contributed by atoms with Crippen LogP contribution in [0.25, 0.3) is 0 Å². The average Bonchev–Trinajstić information content (AvgIpc) is 2.70. The second kappa shape index (κ2) is 8.04. The van der Waals surface area contributed by atoms with E-state index in [9.17, 15) is 0 Å². The Morgan fingerprint density at radius 1 is 1.60 bits per heavy atom. The molecule has 1 fully saturated rings. The van der Waals surface area contributed by atoms with Gasteiger partial charge in [-0.1, -0.05) is 5.92 Å². The van der Waals surface area contributed by atoms with Gasteiger partial charge < -0.3 is 5.32 Å². The summed E-state index contributed by atoms with van der Waals surface area (Å²) in [4.78, 5) is 2.19. The molecule has 1 aliphatic heterocycles. The fraction of sp³-hybridized carbons (Fsp3) is 0.833. The third-order valence-corrected chi connectivity index (χ3v) is 3.94. The van der Waals surface area contributed by atoms with Crippen LogP contribution in [0.4, 0.5) is 0 Å². The molecule has 1 atom stereocenters. The summed E-state index contributed by atoms with van der Waals surface area (Å²) in [5.74, 6) is 6.28. The van der Waals surface area contributed by atoms with Crippen LogP contribution in [0.3, 0.4) is 0 Å². The first-order chi connectivity index (χ1) is 7.33. The van der Waals surface area contributed by atoms with Crippen molar-refractivity contribution in [1.29, 1.82) is 0 Å². The zero-order valence-electron chi connectivity index (χ0n) is 9.67. The number of hydrogen-bond donors (Lipinski definition) is 1. The molecule has 2 nitrogen and oxygen atoms in total.